The standard InChI is InChI=1S/C24H29N5O11/c25-13(7-11-10-26-14-4-2-1-3-12(11)14)21(36)27-15(5-6-18(30)31)22(37)28-16(8-19(32)33)23(38)29-17(24(39)40)9-20(34)35/h1-4,10,13,15-17,26H,5-9,25H2,(H,27,36)(H,28,37)(H,29,38)(H,30,31)(H,32,33)(H,34,35)(H,39,40). The van der Waals surface area contributed by atoms with Gasteiger partial charge in [-0.1, -0.05) is 18.2 Å². The van der Waals surface area contributed by atoms with Crippen LogP contribution in [0.15, 0.2) is 30.5 Å². The topological polar surface area (TPSA) is 278 Å². The molecule has 0 bridgehead atoms. The average Bonchev–Trinajstić information content (AvgIpc) is 3.27. The minimum Gasteiger partial charge on any atom is -0.481 e. The lowest BCUT2D eigenvalue weighted by molar-refractivity contribution is -0.148. The van der Waals surface area contributed by atoms with Gasteiger partial charge < -0.3 is 47.1 Å². The van der Waals surface area contributed by atoms with Gasteiger partial charge in [-0.05, 0) is 24.5 Å². The quantitative estimate of drug-likeness (QED) is 0.112. The molecule has 1 aromatic heterocycles. The van der Waals surface area contributed by atoms with E-state index in [0.717, 1.165) is 10.9 Å². The minimum atomic E-state index is -1.93. The number of aromatic amines is 1. The van der Waals surface area contributed by atoms with Crippen molar-refractivity contribution >= 4 is 52.5 Å². The number of aromatic nitrogens is 1. The van der Waals surface area contributed by atoms with Crippen LogP contribution in [0, 0.1) is 0 Å². The molecule has 0 saturated carbocycles. The second-order valence-corrected chi connectivity index (χ2v) is 8.82. The highest BCUT2D eigenvalue weighted by Gasteiger charge is 2.32. The highest BCUT2D eigenvalue weighted by atomic mass is 16.4. The Bertz CT molecular complexity index is 1290. The Morgan fingerprint density at radius 1 is 0.750 bits per heavy atom. The largest absolute Gasteiger partial charge is 0.481 e. The van der Waals surface area contributed by atoms with Crippen molar-refractivity contribution in [2.75, 3.05) is 0 Å². The third-order valence-corrected chi connectivity index (χ3v) is 5.74. The van der Waals surface area contributed by atoms with Crippen LogP contribution in [0.5, 0.6) is 0 Å². The van der Waals surface area contributed by atoms with Crippen molar-refractivity contribution < 1.29 is 54.0 Å². The zero-order valence-corrected chi connectivity index (χ0v) is 21.0. The molecule has 4 unspecified atom stereocenters. The summed E-state index contributed by atoms with van der Waals surface area (Å²) in [5, 5.41) is 43.2. The molecular weight excluding hydrogens is 534 g/mol. The van der Waals surface area contributed by atoms with Gasteiger partial charge in [0.2, 0.25) is 17.7 Å². The van der Waals surface area contributed by atoms with Gasteiger partial charge in [-0.2, -0.15) is 0 Å². The van der Waals surface area contributed by atoms with Crippen molar-refractivity contribution in [3.05, 3.63) is 36.0 Å². The first-order valence-electron chi connectivity index (χ1n) is 11.9. The van der Waals surface area contributed by atoms with Crippen LogP contribution in [-0.4, -0.2) is 91.2 Å². The molecule has 40 heavy (non-hydrogen) atoms. The first kappa shape index (κ1) is 31.2. The lowest BCUT2D eigenvalue weighted by Crippen LogP contribution is -2.57. The lowest BCUT2D eigenvalue weighted by atomic mass is 10.0. The van der Waals surface area contributed by atoms with Crippen LogP contribution in [0.1, 0.15) is 31.2 Å². The summed E-state index contributed by atoms with van der Waals surface area (Å²) < 4.78 is 0. The normalized spacial score (nSPS) is 13.8. The number of aliphatic carboxylic acids is 4. The minimum absolute atomic E-state index is 0.0489. The van der Waals surface area contributed by atoms with Gasteiger partial charge in [-0.3, -0.25) is 28.8 Å². The van der Waals surface area contributed by atoms with Crippen LogP contribution in [0.2, 0.25) is 0 Å². The van der Waals surface area contributed by atoms with E-state index in [9.17, 15) is 33.6 Å². The van der Waals surface area contributed by atoms with E-state index in [2.05, 4.69) is 15.6 Å². The number of H-pyrrole nitrogens is 1. The number of carboxylic acids is 4. The summed E-state index contributed by atoms with van der Waals surface area (Å²) in [6, 6.07) is 0.692. The van der Waals surface area contributed by atoms with Crippen LogP contribution in [0.3, 0.4) is 0 Å². The molecule has 3 amide bonds. The van der Waals surface area contributed by atoms with Gasteiger partial charge in [0.05, 0.1) is 18.9 Å². The number of hydrogen-bond acceptors (Lipinski definition) is 8. The molecule has 2 aromatic rings. The van der Waals surface area contributed by atoms with Crippen molar-refractivity contribution in [3.63, 3.8) is 0 Å². The van der Waals surface area contributed by atoms with E-state index in [4.69, 9.17) is 26.2 Å². The smallest absolute Gasteiger partial charge is 0.326 e. The maximum atomic E-state index is 13.0. The molecule has 0 aliphatic carbocycles. The van der Waals surface area contributed by atoms with Crippen molar-refractivity contribution in [3.8, 4) is 0 Å². The summed E-state index contributed by atoms with van der Waals surface area (Å²) in [4.78, 5) is 85.9. The zero-order valence-electron chi connectivity index (χ0n) is 21.0. The van der Waals surface area contributed by atoms with Crippen molar-refractivity contribution in [2.45, 2.75) is 56.3 Å². The Morgan fingerprint density at radius 3 is 1.90 bits per heavy atom. The summed E-state index contributed by atoms with van der Waals surface area (Å²) in [5.41, 5.74) is 7.53. The maximum Gasteiger partial charge on any atom is 0.326 e. The molecule has 0 aliphatic heterocycles. The zero-order chi connectivity index (χ0) is 30.0. The average molecular weight is 564 g/mol. The summed E-state index contributed by atoms with van der Waals surface area (Å²) >= 11 is 0. The fraction of sp³-hybridized carbons (Fsp3) is 0.375. The van der Waals surface area contributed by atoms with Gasteiger partial charge in [0.15, 0.2) is 0 Å². The van der Waals surface area contributed by atoms with Crippen LogP contribution in [0.4, 0.5) is 0 Å². The second kappa shape index (κ2) is 14.2. The van der Waals surface area contributed by atoms with Gasteiger partial charge in [0, 0.05) is 23.5 Å². The summed E-state index contributed by atoms with van der Waals surface area (Å²) in [6.07, 6.45) is -1.39. The van der Waals surface area contributed by atoms with E-state index in [1.54, 1.807) is 12.3 Å². The van der Waals surface area contributed by atoms with E-state index in [0.29, 0.717) is 5.56 Å². The molecule has 16 heteroatoms. The third-order valence-electron chi connectivity index (χ3n) is 5.74. The Hall–Kier alpha value is -4.99. The molecule has 1 aromatic carbocycles. The molecule has 216 valence electrons. The Labute approximate surface area is 225 Å². The van der Waals surface area contributed by atoms with E-state index < -0.39 is 91.4 Å². The number of amides is 3. The number of benzene rings is 1. The SMILES string of the molecule is NC(Cc1c[nH]c2ccccc12)C(=O)NC(CCC(=O)O)C(=O)NC(CC(=O)O)C(=O)NC(CC(=O)O)C(=O)O. The lowest BCUT2D eigenvalue weighted by Gasteiger charge is -2.24. The number of nitrogens with one attached hydrogen (secondary N) is 4. The van der Waals surface area contributed by atoms with Crippen molar-refractivity contribution in [2.24, 2.45) is 5.73 Å². The van der Waals surface area contributed by atoms with Gasteiger partial charge in [-0.15, -0.1) is 0 Å². The molecule has 2 rings (SSSR count). The molecule has 4 atom stereocenters. The molecule has 0 radical (unpaired) electrons. The molecule has 0 spiro atoms. The first-order chi connectivity index (χ1) is 18.8. The summed E-state index contributed by atoms with van der Waals surface area (Å²) in [5.74, 6) is -9.45. The van der Waals surface area contributed by atoms with Crippen LogP contribution < -0.4 is 21.7 Å². The summed E-state index contributed by atoms with van der Waals surface area (Å²) in [6.45, 7) is 0. The number of nitrogens with two attached hydrogens (primary N) is 1. The number of hydrogen-bond donors (Lipinski definition) is 9. The van der Waals surface area contributed by atoms with Crippen molar-refractivity contribution in [1.29, 1.82) is 0 Å². The van der Waals surface area contributed by atoms with Gasteiger partial charge in [-0.25, -0.2) is 4.79 Å². The molecular formula is C24H29N5O11. The number of fused-ring (bicyclic) bond motifs is 1. The first-order valence-corrected chi connectivity index (χ1v) is 11.9. The van der Waals surface area contributed by atoms with Crippen molar-refractivity contribution in [1.82, 2.24) is 20.9 Å². The number of para-hydroxylation sites is 1. The molecule has 0 fully saturated rings. The van der Waals surface area contributed by atoms with Crippen LogP contribution in [-0.2, 0) is 40.0 Å². The number of carboxylic acid groups (broad SMARTS) is 4. The highest BCUT2D eigenvalue weighted by Crippen LogP contribution is 2.19. The van der Waals surface area contributed by atoms with E-state index >= 15 is 0 Å². The Balaban J connectivity index is 2.17. The van der Waals surface area contributed by atoms with E-state index in [1.807, 2.05) is 23.5 Å². The fourth-order valence-electron chi connectivity index (χ4n) is 3.75. The Morgan fingerprint density at radius 2 is 1.30 bits per heavy atom. The third kappa shape index (κ3) is 9.39. The maximum absolute atomic E-state index is 13.0. The molecule has 1 heterocycles. The number of carbonyl (C=O) groups is 7. The summed E-state index contributed by atoms with van der Waals surface area (Å²) in [7, 11) is 0. The predicted molar refractivity (Wildman–Crippen MR) is 135 cm³/mol. The molecule has 0 aliphatic rings. The van der Waals surface area contributed by atoms with Gasteiger partial charge in [0.1, 0.15) is 18.1 Å². The number of rotatable bonds is 16. The van der Waals surface area contributed by atoms with Gasteiger partial charge >= 0.3 is 23.9 Å². The van der Waals surface area contributed by atoms with E-state index in [-0.39, 0.29) is 6.42 Å². The molecule has 16 nitrogen and oxygen atoms in total. The highest BCUT2D eigenvalue weighted by molar-refractivity contribution is 5.96. The van der Waals surface area contributed by atoms with Crippen LogP contribution >= 0.6 is 0 Å². The molecule has 10 N–H and O–H groups in total. The molecule has 0 saturated heterocycles. The predicted octanol–water partition coefficient (Wildman–Crippen LogP) is -1.61. The second-order valence-electron chi connectivity index (χ2n) is 8.82. The fourth-order valence-corrected chi connectivity index (χ4v) is 3.75. The Kier molecular flexibility index (Phi) is 11.1. The number of carbonyl (C=O) groups excluding carboxylic acids is 3. The van der Waals surface area contributed by atoms with Gasteiger partial charge in [0.25, 0.3) is 0 Å². The van der Waals surface area contributed by atoms with Crippen LogP contribution in [0.25, 0.3) is 10.9 Å². The monoisotopic (exact) mass is 563 g/mol. The van der Waals surface area contributed by atoms with E-state index in [1.165, 1.54) is 0 Å².